The van der Waals surface area contributed by atoms with Crippen LogP contribution in [0.4, 0.5) is 0 Å². The number of Topliss-reactive ketones (excluding diaryl/α,β-unsaturated/α-hetero) is 1. The molecule has 106 valence electrons. The predicted molar refractivity (Wildman–Crippen MR) is 75.8 cm³/mol. The van der Waals surface area contributed by atoms with Crippen molar-refractivity contribution in [3.05, 3.63) is 29.3 Å². The van der Waals surface area contributed by atoms with Gasteiger partial charge in [0, 0.05) is 17.5 Å². The number of sulfonamides is 1. The summed E-state index contributed by atoms with van der Waals surface area (Å²) in [5.41, 5.74) is 1.07. The lowest BCUT2D eigenvalue weighted by Gasteiger charge is -2.13. The van der Waals surface area contributed by atoms with Gasteiger partial charge in [-0.05, 0) is 32.4 Å². The van der Waals surface area contributed by atoms with Gasteiger partial charge in [0.1, 0.15) is 0 Å². The van der Waals surface area contributed by atoms with Gasteiger partial charge in [-0.15, -0.1) is 0 Å². The standard InChI is InChI=1S/C14H21NO3S/c1-9(2)14(16)12-7-6-11(5)13(8-12)19(17,18)15-10(3)4/h6-10,15H,1-5H3. The second-order valence-electron chi connectivity index (χ2n) is 5.28. The quantitative estimate of drug-likeness (QED) is 0.845. The first kappa shape index (κ1) is 15.9. The topological polar surface area (TPSA) is 63.2 Å². The van der Waals surface area contributed by atoms with E-state index in [9.17, 15) is 13.2 Å². The zero-order valence-corrected chi connectivity index (χ0v) is 12.8. The Morgan fingerprint density at radius 3 is 2.21 bits per heavy atom. The van der Waals surface area contributed by atoms with Crippen molar-refractivity contribution in [3.63, 3.8) is 0 Å². The number of ketones is 1. The number of hydrogen-bond donors (Lipinski definition) is 1. The van der Waals surface area contributed by atoms with Crippen LogP contribution in [-0.2, 0) is 10.0 Å². The van der Waals surface area contributed by atoms with Crippen molar-refractivity contribution < 1.29 is 13.2 Å². The molecule has 0 spiro atoms. The fourth-order valence-corrected chi connectivity index (χ4v) is 3.27. The van der Waals surface area contributed by atoms with Crippen LogP contribution in [-0.4, -0.2) is 20.2 Å². The van der Waals surface area contributed by atoms with Crippen LogP contribution in [0, 0.1) is 12.8 Å². The summed E-state index contributed by atoms with van der Waals surface area (Å²) in [6.45, 7) is 8.83. The fraction of sp³-hybridized carbons (Fsp3) is 0.500. The summed E-state index contributed by atoms with van der Waals surface area (Å²) in [6, 6.07) is 4.62. The number of rotatable bonds is 5. The Morgan fingerprint density at radius 2 is 1.74 bits per heavy atom. The molecule has 0 aliphatic rings. The van der Waals surface area contributed by atoms with Crippen LogP contribution >= 0.6 is 0 Å². The molecule has 19 heavy (non-hydrogen) atoms. The summed E-state index contributed by atoms with van der Waals surface area (Å²) in [6.07, 6.45) is 0. The Bertz CT molecular complexity index is 574. The van der Waals surface area contributed by atoms with E-state index >= 15 is 0 Å². The van der Waals surface area contributed by atoms with Gasteiger partial charge in [0.15, 0.2) is 5.78 Å². The molecule has 0 aromatic heterocycles. The van der Waals surface area contributed by atoms with Crippen molar-refractivity contribution in [2.45, 2.75) is 45.6 Å². The van der Waals surface area contributed by atoms with Crippen molar-refractivity contribution in [2.75, 3.05) is 0 Å². The van der Waals surface area contributed by atoms with Crippen molar-refractivity contribution >= 4 is 15.8 Å². The molecule has 1 N–H and O–H groups in total. The van der Waals surface area contributed by atoms with E-state index in [-0.39, 0.29) is 22.6 Å². The van der Waals surface area contributed by atoms with Gasteiger partial charge in [-0.3, -0.25) is 4.79 Å². The number of aryl methyl sites for hydroxylation is 1. The molecule has 0 heterocycles. The summed E-state index contributed by atoms with van der Waals surface area (Å²) in [4.78, 5) is 12.1. The normalized spacial score (nSPS) is 12.2. The second kappa shape index (κ2) is 5.84. The molecule has 5 heteroatoms. The summed E-state index contributed by atoms with van der Waals surface area (Å²) >= 11 is 0. The van der Waals surface area contributed by atoms with Gasteiger partial charge in [-0.25, -0.2) is 13.1 Å². The summed E-state index contributed by atoms with van der Waals surface area (Å²) in [7, 11) is -3.57. The van der Waals surface area contributed by atoms with Crippen LogP contribution in [0.25, 0.3) is 0 Å². The largest absolute Gasteiger partial charge is 0.294 e. The summed E-state index contributed by atoms with van der Waals surface area (Å²) < 4.78 is 26.9. The maximum atomic E-state index is 12.2. The highest BCUT2D eigenvalue weighted by molar-refractivity contribution is 7.89. The molecule has 0 saturated heterocycles. The van der Waals surface area contributed by atoms with Crippen LogP contribution in [0.3, 0.4) is 0 Å². The maximum absolute atomic E-state index is 12.2. The fourth-order valence-electron chi connectivity index (χ4n) is 1.75. The van der Waals surface area contributed by atoms with Crippen LogP contribution in [0.2, 0.25) is 0 Å². The van der Waals surface area contributed by atoms with Gasteiger partial charge < -0.3 is 0 Å². The molecule has 0 amide bonds. The highest BCUT2D eigenvalue weighted by Crippen LogP contribution is 2.19. The van der Waals surface area contributed by atoms with Crippen molar-refractivity contribution in [2.24, 2.45) is 5.92 Å². The van der Waals surface area contributed by atoms with Crippen LogP contribution < -0.4 is 4.72 Å². The molecule has 0 aliphatic heterocycles. The van der Waals surface area contributed by atoms with Gasteiger partial charge >= 0.3 is 0 Å². The number of nitrogens with one attached hydrogen (secondary N) is 1. The lowest BCUT2D eigenvalue weighted by molar-refractivity contribution is 0.0939. The Labute approximate surface area is 115 Å². The minimum absolute atomic E-state index is 0.0546. The van der Waals surface area contributed by atoms with E-state index in [0.717, 1.165) is 0 Å². The monoisotopic (exact) mass is 283 g/mol. The first-order valence-corrected chi connectivity index (χ1v) is 7.80. The molecular weight excluding hydrogens is 262 g/mol. The molecule has 0 atom stereocenters. The molecule has 1 aromatic carbocycles. The summed E-state index contributed by atoms with van der Waals surface area (Å²) in [5.74, 6) is -0.211. The van der Waals surface area contributed by atoms with E-state index in [1.54, 1.807) is 46.8 Å². The third-order valence-electron chi connectivity index (χ3n) is 2.68. The average Bonchev–Trinajstić information content (AvgIpc) is 2.26. The minimum Gasteiger partial charge on any atom is -0.294 e. The highest BCUT2D eigenvalue weighted by atomic mass is 32.2. The molecule has 0 fully saturated rings. The lowest BCUT2D eigenvalue weighted by atomic mass is 10.0. The minimum atomic E-state index is -3.57. The van der Waals surface area contributed by atoms with Crippen molar-refractivity contribution in [1.29, 1.82) is 0 Å². The van der Waals surface area contributed by atoms with Gasteiger partial charge in [-0.1, -0.05) is 26.0 Å². The van der Waals surface area contributed by atoms with Crippen LogP contribution in [0.1, 0.15) is 43.6 Å². The first-order valence-electron chi connectivity index (χ1n) is 6.32. The number of carbonyl (C=O) groups is 1. The Kier molecular flexibility index (Phi) is 4.87. The zero-order valence-electron chi connectivity index (χ0n) is 12.0. The molecule has 0 aliphatic carbocycles. The third-order valence-corrected chi connectivity index (χ3v) is 4.48. The summed E-state index contributed by atoms with van der Waals surface area (Å²) in [5, 5.41) is 0. The average molecular weight is 283 g/mol. The molecular formula is C14H21NO3S. The Morgan fingerprint density at radius 1 is 1.16 bits per heavy atom. The van der Waals surface area contributed by atoms with E-state index in [0.29, 0.717) is 11.1 Å². The van der Waals surface area contributed by atoms with E-state index in [1.165, 1.54) is 6.07 Å². The van der Waals surface area contributed by atoms with E-state index in [4.69, 9.17) is 0 Å². The van der Waals surface area contributed by atoms with Gasteiger partial charge in [0.25, 0.3) is 0 Å². The molecule has 4 nitrogen and oxygen atoms in total. The van der Waals surface area contributed by atoms with Crippen LogP contribution in [0.15, 0.2) is 23.1 Å². The highest BCUT2D eigenvalue weighted by Gasteiger charge is 2.20. The zero-order chi connectivity index (χ0) is 14.8. The van der Waals surface area contributed by atoms with Gasteiger partial charge in [0.05, 0.1) is 4.90 Å². The maximum Gasteiger partial charge on any atom is 0.241 e. The van der Waals surface area contributed by atoms with Crippen LogP contribution in [0.5, 0.6) is 0 Å². The number of hydrogen-bond acceptors (Lipinski definition) is 3. The van der Waals surface area contributed by atoms with Gasteiger partial charge in [0.2, 0.25) is 10.0 Å². The molecule has 0 unspecified atom stereocenters. The predicted octanol–water partition coefficient (Wildman–Crippen LogP) is 2.52. The number of carbonyl (C=O) groups excluding carboxylic acids is 1. The second-order valence-corrected chi connectivity index (χ2v) is 6.96. The van der Waals surface area contributed by atoms with E-state index in [1.807, 2.05) is 0 Å². The Hall–Kier alpha value is -1.20. The van der Waals surface area contributed by atoms with Gasteiger partial charge in [-0.2, -0.15) is 0 Å². The molecule has 0 saturated carbocycles. The third kappa shape index (κ3) is 3.88. The van der Waals surface area contributed by atoms with E-state index < -0.39 is 10.0 Å². The lowest BCUT2D eigenvalue weighted by Crippen LogP contribution is -2.31. The van der Waals surface area contributed by atoms with Crippen molar-refractivity contribution in [1.82, 2.24) is 4.72 Å². The SMILES string of the molecule is Cc1ccc(C(=O)C(C)C)cc1S(=O)(=O)NC(C)C. The van der Waals surface area contributed by atoms with Crippen molar-refractivity contribution in [3.8, 4) is 0 Å². The molecule has 1 aromatic rings. The van der Waals surface area contributed by atoms with E-state index in [2.05, 4.69) is 4.72 Å². The first-order chi connectivity index (χ1) is 8.65. The molecule has 0 bridgehead atoms. The molecule has 0 radical (unpaired) electrons. The number of benzene rings is 1. The smallest absolute Gasteiger partial charge is 0.241 e. The molecule has 1 rings (SSSR count). The Balaban J connectivity index is 3.29.